The molecule has 2 aromatic carbocycles. The fourth-order valence-electron chi connectivity index (χ4n) is 2.28. The maximum atomic E-state index is 12.5. The maximum absolute atomic E-state index is 12.5. The molecule has 0 bridgehead atoms. The van der Waals surface area contributed by atoms with E-state index in [2.05, 4.69) is 10.0 Å². The van der Waals surface area contributed by atoms with Crippen LogP contribution in [0.15, 0.2) is 53.4 Å². The van der Waals surface area contributed by atoms with Gasteiger partial charge in [0.25, 0.3) is 15.9 Å². The Morgan fingerprint density at radius 2 is 1.84 bits per heavy atom. The van der Waals surface area contributed by atoms with Crippen LogP contribution in [-0.2, 0) is 14.8 Å². The number of hydrogen-bond acceptors (Lipinski definition) is 4. The molecule has 0 aromatic heterocycles. The SMILES string of the molecule is COC[C@@H](C)NC(=O)c1ccc(C)c(NS(=O)(=O)c2ccccc2)c1. The van der Waals surface area contributed by atoms with Gasteiger partial charge in [0.1, 0.15) is 0 Å². The van der Waals surface area contributed by atoms with Gasteiger partial charge in [-0.2, -0.15) is 0 Å². The number of nitrogens with one attached hydrogen (secondary N) is 2. The second kappa shape index (κ2) is 8.13. The van der Waals surface area contributed by atoms with Gasteiger partial charge in [0.2, 0.25) is 0 Å². The molecule has 0 fully saturated rings. The van der Waals surface area contributed by atoms with Gasteiger partial charge in [-0.05, 0) is 43.7 Å². The van der Waals surface area contributed by atoms with Crippen LogP contribution in [0.2, 0.25) is 0 Å². The van der Waals surface area contributed by atoms with Gasteiger partial charge in [-0.25, -0.2) is 8.42 Å². The van der Waals surface area contributed by atoms with Crippen molar-refractivity contribution in [2.24, 2.45) is 0 Å². The topological polar surface area (TPSA) is 84.5 Å². The average molecular weight is 362 g/mol. The number of benzene rings is 2. The Morgan fingerprint density at radius 3 is 2.48 bits per heavy atom. The summed E-state index contributed by atoms with van der Waals surface area (Å²) in [4.78, 5) is 12.4. The van der Waals surface area contributed by atoms with Crippen molar-refractivity contribution in [3.8, 4) is 0 Å². The molecule has 0 aliphatic carbocycles. The van der Waals surface area contributed by atoms with Gasteiger partial charge in [-0.3, -0.25) is 9.52 Å². The summed E-state index contributed by atoms with van der Waals surface area (Å²) in [7, 11) is -2.15. The van der Waals surface area contributed by atoms with Crippen molar-refractivity contribution in [2.75, 3.05) is 18.4 Å². The van der Waals surface area contributed by atoms with E-state index in [1.165, 1.54) is 18.2 Å². The molecule has 2 rings (SSSR count). The summed E-state index contributed by atoms with van der Waals surface area (Å²) >= 11 is 0. The number of carbonyl (C=O) groups excluding carboxylic acids is 1. The summed E-state index contributed by atoms with van der Waals surface area (Å²) in [5.41, 5.74) is 1.47. The van der Waals surface area contributed by atoms with Gasteiger partial charge in [-0.15, -0.1) is 0 Å². The fourth-order valence-corrected chi connectivity index (χ4v) is 3.42. The number of sulfonamides is 1. The molecule has 25 heavy (non-hydrogen) atoms. The molecule has 2 aromatic rings. The number of ether oxygens (including phenoxy) is 1. The van der Waals surface area contributed by atoms with Crippen molar-refractivity contribution in [1.82, 2.24) is 5.32 Å². The van der Waals surface area contributed by atoms with Crippen LogP contribution in [0, 0.1) is 6.92 Å². The minimum atomic E-state index is -3.71. The van der Waals surface area contributed by atoms with Crippen molar-refractivity contribution < 1.29 is 17.9 Å². The predicted molar refractivity (Wildman–Crippen MR) is 97.2 cm³/mol. The number of aryl methyl sites for hydroxylation is 1. The highest BCUT2D eigenvalue weighted by Gasteiger charge is 2.17. The average Bonchev–Trinajstić information content (AvgIpc) is 2.57. The third-order valence-electron chi connectivity index (χ3n) is 3.59. The molecular formula is C18H22N2O4S. The van der Waals surface area contributed by atoms with E-state index >= 15 is 0 Å². The van der Waals surface area contributed by atoms with E-state index in [1.807, 2.05) is 6.92 Å². The van der Waals surface area contributed by atoms with Crippen LogP contribution in [-0.4, -0.2) is 34.1 Å². The highest BCUT2D eigenvalue weighted by molar-refractivity contribution is 7.92. The molecule has 0 saturated carbocycles. The molecule has 6 nitrogen and oxygen atoms in total. The Hall–Kier alpha value is -2.38. The van der Waals surface area contributed by atoms with Gasteiger partial charge in [0.15, 0.2) is 0 Å². The highest BCUT2D eigenvalue weighted by Crippen LogP contribution is 2.21. The van der Waals surface area contributed by atoms with Gasteiger partial charge >= 0.3 is 0 Å². The molecule has 0 unspecified atom stereocenters. The number of rotatable bonds is 7. The molecular weight excluding hydrogens is 340 g/mol. The van der Waals surface area contributed by atoms with Crippen molar-refractivity contribution in [3.05, 3.63) is 59.7 Å². The predicted octanol–water partition coefficient (Wildman–Crippen LogP) is 2.56. The van der Waals surface area contributed by atoms with Gasteiger partial charge < -0.3 is 10.1 Å². The fraction of sp³-hybridized carbons (Fsp3) is 0.278. The number of hydrogen-bond donors (Lipinski definition) is 2. The number of carbonyl (C=O) groups is 1. The van der Waals surface area contributed by atoms with Crippen molar-refractivity contribution >= 4 is 21.6 Å². The lowest BCUT2D eigenvalue weighted by atomic mass is 10.1. The van der Waals surface area contributed by atoms with E-state index in [0.717, 1.165) is 5.56 Å². The summed E-state index contributed by atoms with van der Waals surface area (Å²) in [5, 5.41) is 2.80. The molecule has 2 N–H and O–H groups in total. The second-order valence-electron chi connectivity index (χ2n) is 5.78. The summed E-state index contributed by atoms with van der Waals surface area (Å²) in [6.45, 7) is 4.00. The molecule has 0 radical (unpaired) electrons. The van der Waals surface area contributed by atoms with Crippen LogP contribution in [0.4, 0.5) is 5.69 Å². The monoisotopic (exact) mass is 362 g/mol. The lowest BCUT2D eigenvalue weighted by Gasteiger charge is -2.15. The van der Waals surface area contributed by atoms with Gasteiger partial charge in [0.05, 0.1) is 17.2 Å². The molecule has 7 heteroatoms. The lowest BCUT2D eigenvalue weighted by Crippen LogP contribution is -2.35. The van der Waals surface area contributed by atoms with Crippen LogP contribution < -0.4 is 10.0 Å². The minimum Gasteiger partial charge on any atom is -0.383 e. The molecule has 134 valence electrons. The molecule has 1 amide bonds. The molecule has 0 spiro atoms. The summed E-state index contributed by atoms with van der Waals surface area (Å²) in [5.74, 6) is -0.287. The van der Waals surface area contributed by atoms with E-state index < -0.39 is 10.0 Å². The number of anilines is 1. The Kier molecular flexibility index (Phi) is 6.17. The molecule has 0 aliphatic heterocycles. The first-order valence-electron chi connectivity index (χ1n) is 7.82. The van der Waals surface area contributed by atoms with E-state index in [9.17, 15) is 13.2 Å². The summed E-state index contributed by atoms with van der Waals surface area (Å²) in [6.07, 6.45) is 0. The normalized spacial score (nSPS) is 12.4. The summed E-state index contributed by atoms with van der Waals surface area (Å²) < 4.78 is 32.5. The third-order valence-corrected chi connectivity index (χ3v) is 4.97. The van der Waals surface area contributed by atoms with Gasteiger partial charge in [0, 0.05) is 18.7 Å². The zero-order chi connectivity index (χ0) is 18.4. The van der Waals surface area contributed by atoms with E-state index in [1.54, 1.807) is 44.4 Å². The minimum absolute atomic E-state index is 0.150. The smallest absolute Gasteiger partial charge is 0.261 e. The Morgan fingerprint density at radius 1 is 1.16 bits per heavy atom. The van der Waals surface area contributed by atoms with Crippen LogP contribution in [0.25, 0.3) is 0 Å². The third kappa shape index (κ3) is 5.04. The Balaban J connectivity index is 2.23. The largest absolute Gasteiger partial charge is 0.383 e. The van der Waals surface area contributed by atoms with Crippen LogP contribution in [0.5, 0.6) is 0 Å². The van der Waals surface area contributed by atoms with Crippen LogP contribution >= 0.6 is 0 Å². The lowest BCUT2D eigenvalue weighted by molar-refractivity contribution is 0.0905. The standard InChI is InChI=1S/C18H22N2O4S/c1-13-9-10-15(18(21)19-14(2)12-24-3)11-17(13)20-25(22,23)16-7-5-4-6-8-16/h4-11,14,20H,12H2,1-3H3,(H,19,21)/t14-/m1/s1. The van der Waals surface area contributed by atoms with E-state index in [-0.39, 0.29) is 16.8 Å². The second-order valence-corrected chi connectivity index (χ2v) is 7.46. The Labute approximate surface area is 148 Å². The van der Waals surface area contributed by atoms with Crippen LogP contribution in [0.3, 0.4) is 0 Å². The highest BCUT2D eigenvalue weighted by atomic mass is 32.2. The van der Waals surface area contributed by atoms with Crippen molar-refractivity contribution in [3.63, 3.8) is 0 Å². The molecule has 0 heterocycles. The van der Waals surface area contributed by atoms with Gasteiger partial charge in [-0.1, -0.05) is 24.3 Å². The zero-order valence-electron chi connectivity index (χ0n) is 14.4. The molecule has 1 atom stereocenters. The first kappa shape index (κ1) is 19.0. The summed E-state index contributed by atoms with van der Waals surface area (Å²) in [6, 6.07) is 12.8. The quantitative estimate of drug-likeness (QED) is 0.793. The first-order chi connectivity index (χ1) is 11.8. The number of methoxy groups -OCH3 is 1. The molecule has 0 aliphatic rings. The van der Waals surface area contributed by atoms with Crippen LogP contribution in [0.1, 0.15) is 22.8 Å². The van der Waals surface area contributed by atoms with Crippen molar-refractivity contribution in [1.29, 1.82) is 0 Å². The first-order valence-corrected chi connectivity index (χ1v) is 9.30. The maximum Gasteiger partial charge on any atom is 0.261 e. The van der Waals surface area contributed by atoms with E-state index in [0.29, 0.717) is 17.9 Å². The molecule has 0 saturated heterocycles. The Bertz CT molecular complexity index is 835. The van der Waals surface area contributed by atoms with E-state index in [4.69, 9.17) is 4.74 Å². The van der Waals surface area contributed by atoms with Crippen molar-refractivity contribution in [2.45, 2.75) is 24.8 Å². The number of amides is 1. The zero-order valence-corrected chi connectivity index (χ0v) is 15.3.